The van der Waals surface area contributed by atoms with Crippen LogP contribution in [0.5, 0.6) is 0 Å². The number of aliphatic hydroxyl groups is 1. The molecule has 1 aliphatic rings. The molecular weight excluding hydrogens is 336 g/mol. The number of benzene rings is 2. The lowest BCUT2D eigenvalue weighted by Gasteiger charge is -2.49. The third-order valence-corrected chi connectivity index (χ3v) is 5.54. The highest BCUT2D eigenvalue weighted by molar-refractivity contribution is 5.73. The van der Waals surface area contributed by atoms with Crippen LogP contribution in [0, 0.1) is 0 Å². The average Bonchev–Trinajstić information content (AvgIpc) is 2.66. The maximum Gasteiger partial charge on any atom is 0.217 e. The molecule has 4 heteroatoms. The number of nitrogens with one attached hydrogen (secondary N) is 1. The Kier molecular flexibility index (Phi) is 6.30. The maximum absolute atomic E-state index is 11.8. The minimum absolute atomic E-state index is 0.0328. The van der Waals surface area contributed by atoms with Gasteiger partial charge in [0.2, 0.25) is 5.91 Å². The van der Waals surface area contributed by atoms with E-state index >= 15 is 0 Å². The van der Waals surface area contributed by atoms with E-state index in [-0.39, 0.29) is 18.0 Å². The first-order chi connectivity index (χ1) is 13.0. The highest BCUT2D eigenvalue weighted by Crippen LogP contribution is 2.37. The number of hydrogen-bond donors (Lipinski definition) is 2. The number of rotatable bonds is 6. The molecule has 0 radical (unpaired) electrons. The van der Waals surface area contributed by atoms with E-state index in [1.165, 1.54) is 12.5 Å². The molecule has 3 atom stereocenters. The van der Waals surface area contributed by atoms with E-state index in [1.807, 2.05) is 31.2 Å². The van der Waals surface area contributed by atoms with E-state index in [0.29, 0.717) is 6.42 Å². The number of aryl methyl sites for hydroxylation is 1. The molecule has 0 spiro atoms. The van der Waals surface area contributed by atoms with Crippen molar-refractivity contribution in [2.75, 3.05) is 13.1 Å². The maximum atomic E-state index is 11.8. The summed E-state index contributed by atoms with van der Waals surface area (Å²) in [6, 6.07) is 20.4. The summed E-state index contributed by atoms with van der Waals surface area (Å²) in [7, 11) is 0. The van der Waals surface area contributed by atoms with Crippen LogP contribution in [-0.2, 0) is 11.2 Å². The lowest BCUT2D eigenvalue weighted by Crippen LogP contribution is -2.62. The molecule has 144 valence electrons. The number of hydrogen-bond acceptors (Lipinski definition) is 3. The van der Waals surface area contributed by atoms with Gasteiger partial charge in [0, 0.05) is 13.5 Å². The van der Waals surface area contributed by atoms with Crippen LogP contribution in [0.4, 0.5) is 0 Å². The fraction of sp³-hybridized carbons (Fsp3) is 0.435. The van der Waals surface area contributed by atoms with Crippen molar-refractivity contribution >= 4 is 5.91 Å². The van der Waals surface area contributed by atoms with Crippen LogP contribution < -0.4 is 5.32 Å². The monoisotopic (exact) mass is 366 g/mol. The van der Waals surface area contributed by atoms with E-state index < -0.39 is 5.60 Å². The zero-order valence-corrected chi connectivity index (χ0v) is 16.3. The predicted molar refractivity (Wildman–Crippen MR) is 108 cm³/mol. The highest BCUT2D eigenvalue weighted by atomic mass is 16.3. The Bertz CT molecular complexity index is 731. The molecular formula is C23H30N2O2. The Morgan fingerprint density at radius 3 is 2.41 bits per heavy atom. The van der Waals surface area contributed by atoms with Gasteiger partial charge in [-0.3, -0.25) is 9.69 Å². The normalized spacial score (nSPS) is 25.9. The molecule has 0 aliphatic carbocycles. The molecule has 1 amide bonds. The molecule has 1 saturated heterocycles. The van der Waals surface area contributed by atoms with Crippen LogP contribution in [0.15, 0.2) is 60.7 Å². The summed E-state index contributed by atoms with van der Waals surface area (Å²) < 4.78 is 0. The van der Waals surface area contributed by atoms with E-state index in [0.717, 1.165) is 31.5 Å². The molecule has 2 aromatic rings. The van der Waals surface area contributed by atoms with Crippen LogP contribution in [0.2, 0.25) is 0 Å². The second-order valence-electron chi connectivity index (χ2n) is 7.77. The lowest BCUT2D eigenvalue weighted by molar-refractivity contribution is -0.126. The molecule has 0 saturated carbocycles. The smallest absolute Gasteiger partial charge is 0.217 e. The zero-order valence-electron chi connectivity index (χ0n) is 16.3. The Labute approximate surface area is 162 Å². The summed E-state index contributed by atoms with van der Waals surface area (Å²) in [5.74, 6) is -0.104. The van der Waals surface area contributed by atoms with Crippen LogP contribution in [0.1, 0.15) is 43.9 Å². The Morgan fingerprint density at radius 1 is 1.15 bits per heavy atom. The first-order valence-electron chi connectivity index (χ1n) is 9.80. The molecule has 2 N–H and O–H groups in total. The number of likely N-dealkylation sites (tertiary alicyclic amines) is 1. The number of amides is 1. The number of carbonyl (C=O) groups excluding carboxylic acids is 1. The number of piperidine rings is 1. The van der Waals surface area contributed by atoms with Crippen molar-refractivity contribution < 1.29 is 9.90 Å². The van der Waals surface area contributed by atoms with Gasteiger partial charge in [-0.15, -0.1) is 0 Å². The van der Waals surface area contributed by atoms with Crippen molar-refractivity contribution in [3.63, 3.8) is 0 Å². The number of carbonyl (C=O) groups is 1. The standard InChI is InChI=1S/C23H30N2O2/c1-18(26)24-22-21(20-13-7-4-8-14-20)25(17-15-23(22,2)27)16-9-12-19-10-5-3-6-11-19/h3-8,10-11,13-14,21-22,27H,9,12,15-17H2,1-2H3,(H,24,26)/t21-,22-,23+/m0/s1. The van der Waals surface area contributed by atoms with Gasteiger partial charge in [-0.05, 0) is 43.9 Å². The van der Waals surface area contributed by atoms with Gasteiger partial charge in [0.05, 0.1) is 17.7 Å². The highest BCUT2D eigenvalue weighted by Gasteiger charge is 2.45. The largest absolute Gasteiger partial charge is 0.388 e. The van der Waals surface area contributed by atoms with Gasteiger partial charge in [0.1, 0.15) is 0 Å². The Morgan fingerprint density at radius 2 is 1.78 bits per heavy atom. The second kappa shape index (κ2) is 8.68. The summed E-state index contributed by atoms with van der Waals surface area (Å²) in [6.45, 7) is 5.11. The van der Waals surface area contributed by atoms with Crippen molar-refractivity contribution in [3.8, 4) is 0 Å². The zero-order chi connectivity index (χ0) is 19.3. The van der Waals surface area contributed by atoms with Crippen molar-refractivity contribution in [3.05, 3.63) is 71.8 Å². The third kappa shape index (κ3) is 4.96. The molecule has 27 heavy (non-hydrogen) atoms. The van der Waals surface area contributed by atoms with Crippen LogP contribution in [0.3, 0.4) is 0 Å². The van der Waals surface area contributed by atoms with Gasteiger partial charge in [0.25, 0.3) is 0 Å². The van der Waals surface area contributed by atoms with E-state index in [4.69, 9.17) is 0 Å². The second-order valence-corrected chi connectivity index (χ2v) is 7.77. The average molecular weight is 367 g/mol. The molecule has 0 bridgehead atoms. The van der Waals surface area contributed by atoms with Crippen molar-refractivity contribution in [1.82, 2.24) is 10.2 Å². The topological polar surface area (TPSA) is 52.6 Å². The summed E-state index contributed by atoms with van der Waals surface area (Å²) >= 11 is 0. The molecule has 0 unspecified atom stereocenters. The summed E-state index contributed by atoms with van der Waals surface area (Å²) in [4.78, 5) is 14.3. The molecule has 3 rings (SSSR count). The van der Waals surface area contributed by atoms with Gasteiger partial charge in [-0.25, -0.2) is 0 Å². The fourth-order valence-corrected chi connectivity index (χ4v) is 4.10. The van der Waals surface area contributed by atoms with Gasteiger partial charge >= 0.3 is 0 Å². The van der Waals surface area contributed by atoms with Crippen LogP contribution >= 0.6 is 0 Å². The van der Waals surface area contributed by atoms with E-state index in [9.17, 15) is 9.90 Å². The van der Waals surface area contributed by atoms with Gasteiger partial charge in [-0.1, -0.05) is 60.7 Å². The molecule has 4 nitrogen and oxygen atoms in total. The van der Waals surface area contributed by atoms with Gasteiger partial charge in [0.15, 0.2) is 0 Å². The van der Waals surface area contributed by atoms with Gasteiger partial charge < -0.3 is 10.4 Å². The molecule has 2 aromatic carbocycles. The van der Waals surface area contributed by atoms with Crippen molar-refractivity contribution in [2.45, 2.75) is 50.8 Å². The molecule has 1 fully saturated rings. The third-order valence-electron chi connectivity index (χ3n) is 5.54. The Balaban J connectivity index is 1.79. The van der Waals surface area contributed by atoms with E-state index in [2.05, 4.69) is 46.6 Å². The van der Waals surface area contributed by atoms with Gasteiger partial charge in [-0.2, -0.15) is 0 Å². The fourth-order valence-electron chi connectivity index (χ4n) is 4.10. The first-order valence-corrected chi connectivity index (χ1v) is 9.80. The minimum Gasteiger partial charge on any atom is -0.388 e. The quantitative estimate of drug-likeness (QED) is 0.825. The van der Waals surface area contributed by atoms with E-state index in [1.54, 1.807) is 0 Å². The molecule has 1 heterocycles. The SMILES string of the molecule is CC(=O)N[C@H]1[C@H](c2ccccc2)N(CCCc2ccccc2)CC[C@@]1(C)O. The first kappa shape index (κ1) is 19.6. The van der Waals surface area contributed by atoms with Crippen molar-refractivity contribution in [1.29, 1.82) is 0 Å². The summed E-state index contributed by atoms with van der Waals surface area (Å²) in [5, 5.41) is 14.0. The molecule has 1 aliphatic heterocycles. The number of nitrogens with zero attached hydrogens (tertiary/aromatic N) is 1. The van der Waals surface area contributed by atoms with Crippen molar-refractivity contribution in [2.24, 2.45) is 0 Å². The predicted octanol–water partition coefficient (Wildman–Crippen LogP) is 3.32. The van der Waals surface area contributed by atoms with Crippen LogP contribution in [-0.4, -0.2) is 40.6 Å². The summed E-state index contributed by atoms with van der Waals surface area (Å²) in [6.07, 6.45) is 2.72. The lowest BCUT2D eigenvalue weighted by atomic mass is 9.79. The Hall–Kier alpha value is -2.17. The summed E-state index contributed by atoms with van der Waals surface area (Å²) in [5.41, 5.74) is 1.55. The van der Waals surface area contributed by atoms with Crippen LogP contribution in [0.25, 0.3) is 0 Å². The minimum atomic E-state index is -0.928. The molecule has 0 aromatic heterocycles.